The monoisotopic (exact) mass is 186 g/mol. The number of rotatable bonds is 3. The SMILES string of the molecule is COC(C)(C)c1nnc(C(=O)O)o1. The Kier molecular flexibility index (Phi) is 2.33. The highest BCUT2D eigenvalue weighted by Crippen LogP contribution is 2.21. The smallest absolute Gasteiger partial charge is 0.393 e. The minimum absolute atomic E-state index is 0.146. The summed E-state index contributed by atoms with van der Waals surface area (Å²) in [6.07, 6.45) is 0. The number of carboxylic acids is 1. The van der Waals surface area contributed by atoms with Crippen molar-refractivity contribution in [2.45, 2.75) is 19.4 Å². The zero-order chi connectivity index (χ0) is 10.1. The Morgan fingerprint density at radius 3 is 2.54 bits per heavy atom. The highest BCUT2D eigenvalue weighted by Gasteiger charge is 2.28. The number of hydrogen-bond donors (Lipinski definition) is 1. The number of ether oxygens (including phenoxy) is 1. The summed E-state index contributed by atoms with van der Waals surface area (Å²) in [5.74, 6) is -1.53. The van der Waals surface area contributed by atoms with E-state index < -0.39 is 17.5 Å². The zero-order valence-electron chi connectivity index (χ0n) is 7.57. The van der Waals surface area contributed by atoms with Gasteiger partial charge in [0.15, 0.2) is 0 Å². The molecule has 0 bridgehead atoms. The number of aromatic carboxylic acids is 1. The number of nitrogens with zero attached hydrogens (tertiary/aromatic N) is 2. The molecule has 0 unspecified atom stereocenters. The summed E-state index contributed by atoms with van der Waals surface area (Å²) < 4.78 is 9.88. The number of aromatic nitrogens is 2. The Bertz CT molecular complexity index is 318. The van der Waals surface area contributed by atoms with Crippen LogP contribution in [-0.2, 0) is 10.3 Å². The van der Waals surface area contributed by atoms with Crippen molar-refractivity contribution < 1.29 is 19.1 Å². The second kappa shape index (κ2) is 3.14. The molecule has 0 spiro atoms. The zero-order valence-corrected chi connectivity index (χ0v) is 7.57. The molecule has 0 saturated carbocycles. The molecule has 6 nitrogen and oxygen atoms in total. The van der Waals surface area contributed by atoms with Gasteiger partial charge in [-0.2, -0.15) is 0 Å². The van der Waals surface area contributed by atoms with E-state index in [0.717, 1.165) is 0 Å². The molecule has 0 aromatic carbocycles. The van der Waals surface area contributed by atoms with Crippen molar-refractivity contribution in [3.63, 3.8) is 0 Å². The fourth-order valence-corrected chi connectivity index (χ4v) is 0.640. The Hall–Kier alpha value is -1.43. The lowest BCUT2D eigenvalue weighted by molar-refractivity contribution is -0.00477. The van der Waals surface area contributed by atoms with E-state index in [-0.39, 0.29) is 5.89 Å². The minimum Gasteiger partial charge on any atom is -0.474 e. The second-order valence-electron chi connectivity index (χ2n) is 2.93. The molecule has 0 aliphatic carbocycles. The molecule has 0 atom stereocenters. The summed E-state index contributed by atoms with van der Waals surface area (Å²) in [6.45, 7) is 3.40. The quantitative estimate of drug-likeness (QED) is 0.745. The molecular weight excluding hydrogens is 176 g/mol. The van der Waals surface area contributed by atoms with Gasteiger partial charge in [-0.1, -0.05) is 0 Å². The number of carboxylic acid groups (broad SMARTS) is 1. The fourth-order valence-electron chi connectivity index (χ4n) is 0.640. The van der Waals surface area contributed by atoms with Crippen LogP contribution < -0.4 is 0 Å². The Morgan fingerprint density at radius 2 is 2.15 bits per heavy atom. The highest BCUT2D eigenvalue weighted by molar-refractivity contribution is 5.81. The van der Waals surface area contributed by atoms with Gasteiger partial charge in [0.05, 0.1) is 0 Å². The van der Waals surface area contributed by atoms with Crippen molar-refractivity contribution >= 4 is 5.97 Å². The lowest BCUT2D eigenvalue weighted by atomic mass is 10.1. The van der Waals surface area contributed by atoms with Crippen molar-refractivity contribution in [1.82, 2.24) is 10.2 Å². The van der Waals surface area contributed by atoms with Gasteiger partial charge in [0.2, 0.25) is 5.89 Å². The highest BCUT2D eigenvalue weighted by atomic mass is 16.5. The third-order valence-electron chi connectivity index (χ3n) is 1.63. The summed E-state index contributed by atoms with van der Waals surface area (Å²) in [7, 11) is 1.48. The van der Waals surface area contributed by atoms with E-state index >= 15 is 0 Å². The second-order valence-corrected chi connectivity index (χ2v) is 2.93. The molecule has 0 fully saturated rings. The summed E-state index contributed by atoms with van der Waals surface area (Å²) in [5, 5.41) is 15.4. The first-order valence-corrected chi connectivity index (χ1v) is 3.60. The third kappa shape index (κ3) is 1.83. The standard InChI is InChI=1S/C7H10N2O4/c1-7(2,12-3)6-9-8-4(13-6)5(10)11/h1-3H3,(H,10,11). The maximum absolute atomic E-state index is 10.4. The molecule has 0 radical (unpaired) electrons. The van der Waals surface area contributed by atoms with Crippen LogP contribution in [0, 0.1) is 0 Å². The number of carbonyl (C=O) groups is 1. The molecule has 72 valence electrons. The summed E-state index contributed by atoms with van der Waals surface area (Å²) in [5.41, 5.74) is -0.763. The largest absolute Gasteiger partial charge is 0.474 e. The van der Waals surface area contributed by atoms with E-state index in [1.807, 2.05) is 0 Å². The van der Waals surface area contributed by atoms with E-state index in [1.54, 1.807) is 13.8 Å². The van der Waals surface area contributed by atoms with Crippen LogP contribution in [0.25, 0.3) is 0 Å². The van der Waals surface area contributed by atoms with E-state index in [4.69, 9.17) is 14.3 Å². The van der Waals surface area contributed by atoms with Crippen molar-refractivity contribution in [2.75, 3.05) is 7.11 Å². The Balaban J connectivity index is 2.98. The van der Waals surface area contributed by atoms with Gasteiger partial charge in [-0.25, -0.2) is 4.79 Å². The summed E-state index contributed by atoms with van der Waals surface area (Å²) in [4.78, 5) is 10.4. The fraction of sp³-hybridized carbons (Fsp3) is 0.571. The van der Waals surface area contributed by atoms with Gasteiger partial charge in [-0.15, -0.1) is 10.2 Å². The molecule has 1 heterocycles. The number of hydrogen-bond acceptors (Lipinski definition) is 5. The van der Waals surface area contributed by atoms with Crippen LogP contribution in [0.15, 0.2) is 4.42 Å². The van der Waals surface area contributed by atoms with Crippen LogP contribution in [0.5, 0.6) is 0 Å². The predicted molar refractivity (Wildman–Crippen MR) is 41.3 cm³/mol. The first-order chi connectivity index (χ1) is 5.97. The Labute approximate surface area is 74.5 Å². The molecule has 0 aliphatic rings. The van der Waals surface area contributed by atoms with Gasteiger partial charge in [0.1, 0.15) is 5.60 Å². The molecule has 6 heteroatoms. The molecule has 1 aromatic rings. The van der Waals surface area contributed by atoms with Crippen LogP contribution in [0.2, 0.25) is 0 Å². The van der Waals surface area contributed by atoms with Crippen molar-refractivity contribution in [3.8, 4) is 0 Å². The van der Waals surface area contributed by atoms with Gasteiger partial charge >= 0.3 is 11.9 Å². The maximum atomic E-state index is 10.4. The average Bonchev–Trinajstić information content (AvgIpc) is 2.52. The van der Waals surface area contributed by atoms with Gasteiger partial charge in [-0.05, 0) is 13.8 Å². The Morgan fingerprint density at radius 1 is 1.54 bits per heavy atom. The van der Waals surface area contributed by atoms with Gasteiger partial charge in [0.25, 0.3) is 0 Å². The van der Waals surface area contributed by atoms with Gasteiger partial charge in [0, 0.05) is 7.11 Å². The summed E-state index contributed by atoms with van der Waals surface area (Å²) >= 11 is 0. The lowest BCUT2D eigenvalue weighted by Crippen LogP contribution is -2.19. The van der Waals surface area contributed by atoms with E-state index in [9.17, 15) is 4.79 Å². The third-order valence-corrected chi connectivity index (χ3v) is 1.63. The molecule has 0 aliphatic heterocycles. The van der Waals surface area contributed by atoms with E-state index in [1.165, 1.54) is 7.11 Å². The first kappa shape index (κ1) is 9.66. The van der Waals surface area contributed by atoms with Crippen LogP contribution in [0.4, 0.5) is 0 Å². The molecule has 1 rings (SSSR count). The molecule has 1 N–H and O–H groups in total. The molecule has 13 heavy (non-hydrogen) atoms. The predicted octanol–water partition coefficient (Wildman–Crippen LogP) is 0.649. The lowest BCUT2D eigenvalue weighted by Gasteiger charge is -2.16. The van der Waals surface area contributed by atoms with Gasteiger partial charge in [-0.3, -0.25) is 0 Å². The molecule has 1 aromatic heterocycles. The maximum Gasteiger partial charge on any atom is 0.393 e. The van der Waals surface area contributed by atoms with Crippen LogP contribution in [-0.4, -0.2) is 28.4 Å². The van der Waals surface area contributed by atoms with E-state index in [2.05, 4.69) is 10.2 Å². The number of methoxy groups -OCH3 is 1. The molecular formula is C7H10N2O4. The van der Waals surface area contributed by atoms with Crippen LogP contribution in [0.1, 0.15) is 30.4 Å². The average molecular weight is 186 g/mol. The summed E-state index contributed by atoms with van der Waals surface area (Å²) in [6, 6.07) is 0. The topological polar surface area (TPSA) is 85.5 Å². The molecule has 0 amide bonds. The molecule has 0 saturated heterocycles. The van der Waals surface area contributed by atoms with Crippen LogP contribution in [0.3, 0.4) is 0 Å². The minimum atomic E-state index is -1.24. The van der Waals surface area contributed by atoms with Gasteiger partial charge < -0.3 is 14.3 Å². The van der Waals surface area contributed by atoms with E-state index in [0.29, 0.717) is 0 Å². The van der Waals surface area contributed by atoms with Crippen molar-refractivity contribution in [1.29, 1.82) is 0 Å². The van der Waals surface area contributed by atoms with Crippen molar-refractivity contribution in [3.05, 3.63) is 11.8 Å². The van der Waals surface area contributed by atoms with Crippen LogP contribution >= 0.6 is 0 Å². The normalized spacial score (nSPS) is 11.6. The van der Waals surface area contributed by atoms with Crippen molar-refractivity contribution in [2.24, 2.45) is 0 Å². The first-order valence-electron chi connectivity index (χ1n) is 3.60.